The largest absolute Gasteiger partial charge is 0.497 e. The molecular formula is C24H20N6OS. The van der Waals surface area contributed by atoms with Gasteiger partial charge >= 0.3 is 0 Å². The average Bonchev–Trinajstić information content (AvgIpc) is 2.82. The van der Waals surface area contributed by atoms with E-state index in [0.29, 0.717) is 22.5 Å². The van der Waals surface area contributed by atoms with Gasteiger partial charge in [0, 0.05) is 39.5 Å². The molecular weight excluding hydrogens is 420 g/mol. The van der Waals surface area contributed by atoms with Gasteiger partial charge in [-0.1, -0.05) is 11.8 Å². The molecule has 5 rings (SSSR count). The Morgan fingerprint density at radius 3 is 2.47 bits per heavy atom. The number of anilines is 1. The van der Waals surface area contributed by atoms with Crippen molar-refractivity contribution < 1.29 is 4.74 Å². The monoisotopic (exact) mass is 440 g/mol. The van der Waals surface area contributed by atoms with Crippen LogP contribution >= 0.6 is 11.8 Å². The highest BCUT2D eigenvalue weighted by Gasteiger charge is 2.14. The standard InChI is InChI=1S/C24H20N6OS/c1-13-10-19(25)18-11-14(4-6-21(18)27-13)22-28-23(30-24(29-22)32-3)16-8-9-26-20-7-5-15(31-2)12-17(16)20/h4-12H,1-3H3,(H2,25,27). The molecule has 2 N–H and O–H groups in total. The van der Waals surface area contributed by atoms with Gasteiger partial charge in [0.15, 0.2) is 16.8 Å². The summed E-state index contributed by atoms with van der Waals surface area (Å²) in [6, 6.07) is 15.4. The number of methoxy groups -OCH3 is 1. The summed E-state index contributed by atoms with van der Waals surface area (Å²) in [5.41, 5.74) is 11.2. The van der Waals surface area contributed by atoms with E-state index in [1.54, 1.807) is 13.3 Å². The number of pyridine rings is 2. The third-order valence-electron chi connectivity index (χ3n) is 5.21. The van der Waals surface area contributed by atoms with E-state index in [0.717, 1.165) is 44.4 Å². The van der Waals surface area contributed by atoms with Crippen molar-refractivity contribution in [1.82, 2.24) is 24.9 Å². The predicted octanol–water partition coefficient (Wildman–Crippen LogP) is 4.92. The van der Waals surface area contributed by atoms with Crippen molar-refractivity contribution in [2.75, 3.05) is 19.1 Å². The molecule has 0 saturated carbocycles. The Balaban J connectivity index is 1.71. The number of hydrogen-bond acceptors (Lipinski definition) is 8. The molecule has 0 aliphatic rings. The number of aryl methyl sites for hydroxylation is 1. The Morgan fingerprint density at radius 1 is 0.844 bits per heavy atom. The van der Waals surface area contributed by atoms with E-state index < -0.39 is 0 Å². The first-order valence-corrected chi connectivity index (χ1v) is 11.2. The van der Waals surface area contributed by atoms with Crippen LogP contribution < -0.4 is 10.5 Å². The van der Waals surface area contributed by atoms with Crippen LogP contribution in [0.2, 0.25) is 0 Å². The van der Waals surface area contributed by atoms with Gasteiger partial charge in [-0.2, -0.15) is 0 Å². The molecule has 0 unspecified atom stereocenters. The Morgan fingerprint density at radius 2 is 1.66 bits per heavy atom. The van der Waals surface area contributed by atoms with E-state index in [9.17, 15) is 0 Å². The number of hydrogen-bond donors (Lipinski definition) is 1. The summed E-state index contributed by atoms with van der Waals surface area (Å²) in [6.07, 6.45) is 3.71. The van der Waals surface area contributed by atoms with Gasteiger partial charge in [0.2, 0.25) is 0 Å². The molecule has 3 heterocycles. The summed E-state index contributed by atoms with van der Waals surface area (Å²) in [5, 5.41) is 2.42. The molecule has 2 aromatic carbocycles. The Labute approximate surface area is 189 Å². The lowest BCUT2D eigenvalue weighted by Gasteiger charge is -2.10. The van der Waals surface area contributed by atoms with Crippen LogP contribution in [0.15, 0.2) is 59.9 Å². The van der Waals surface area contributed by atoms with E-state index >= 15 is 0 Å². The molecule has 7 nitrogen and oxygen atoms in total. The maximum absolute atomic E-state index is 6.25. The second-order valence-corrected chi connectivity index (χ2v) is 8.07. The van der Waals surface area contributed by atoms with Crippen molar-refractivity contribution in [3.8, 4) is 28.5 Å². The maximum atomic E-state index is 6.25. The summed E-state index contributed by atoms with van der Waals surface area (Å²) in [6.45, 7) is 1.93. The summed E-state index contributed by atoms with van der Waals surface area (Å²) >= 11 is 1.47. The zero-order valence-corrected chi connectivity index (χ0v) is 18.6. The van der Waals surface area contributed by atoms with E-state index in [-0.39, 0.29) is 0 Å². The fraction of sp³-hybridized carbons (Fsp3) is 0.125. The van der Waals surface area contributed by atoms with Crippen molar-refractivity contribution in [2.24, 2.45) is 0 Å². The third kappa shape index (κ3) is 3.58. The first kappa shape index (κ1) is 20.1. The minimum absolute atomic E-state index is 0.578. The van der Waals surface area contributed by atoms with Crippen LogP contribution in [0.25, 0.3) is 44.6 Å². The molecule has 5 aromatic rings. The van der Waals surface area contributed by atoms with Crippen LogP contribution in [0.1, 0.15) is 5.69 Å². The molecule has 158 valence electrons. The molecule has 0 spiro atoms. The van der Waals surface area contributed by atoms with Gasteiger partial charge in [-0.25, -0.2) is 15.0 Å². The number of rotatable bonds is 4. The fourth-order valence-corrected chi connectivity index (χ4v) is 4.03. The smallest absolute Gasteiger partial charge is 0.191 e. The lowest BCUT2D eigenvalue weighted by Crippen LogP contribution is -2.00. The van der Waals surface area contributed by atoms with E-state index in [4.69, 9.17) is 15.5 Å². The molecule has 0 bridgehead atoms. The quantitative estimate of drug-likeness (QED) is 0.393. The van der Waals surface area contributed by atoms with Crippen molar-refractivity contribution in [2.45, 2.75) is 12.1 Å². The van der Waals surface area contributed by atoms with Crippen molar-refractivity contribution >= 4 is 39.3 Å². The Hall–Kier alpha value is -3.78. The molecule has 3 aromatic heterocycles. The summed E-state index contributed by atoms with van der Waals surface area (Å²) < 4.78 is 5.41. The normalized spacial score (nSPS) is 11.2. The molecule has 0 aliphatic carbocycles. The number of nitrogens with two attached hydrogens (primary N) is 1. The lowest BCUT2D eigenvalue weighted by atomic mass is 10.1. The van der Waals surface area contributed by atoms with Gasteiger partial charge in [-0.3, -0.25) is 9.97 Å². The number of fused-ring (bicyclic) bond motifs is 2. The van der Waals surface area contributed by atoms with Crippen LogP contribution in [0.4, 0.5) is 5.69 Å². The zero-order chi connectivity index (χ0) is 22.2. The van der Waals surface area contributed by atoms with Crippen molar-refractivity contribution in [3.05, 3.63) is 60.4 Å². The van der Waals surface area contributed by atoms with Gasteiger partial charge in [-0.15, -0.1) is 0 Å². The molecule has 0 saturated heterocycles. The number of aromatic nitrogens is 5. The van der Waals surface area contributed by atoms with E-state index in [1.807, 2.05) is 61.7 Å². The van der Waals surface area contributed by atoms with Crippen LogP contribution in [-0.4, -0.2) is 38.3 Å². The van der Waals surface area contributed by atoms with Gasteiger partial charge in [0.1, 0.15) is 5.75 Å². The number of nitrogens with zero attached hydrogens (tertiary/aromatic N) is 5. The maximum Gasteiger partial charge on any atom is 0.191 e. The third-order valence-corrected chi connectivity index (χ3v) is 5.76. The minimum atomic E-state index is 0.578. The molecule has 0 radical (unpaired) electrons. The molecule has 0 fully saturated rings. The van der Waals surface area contributed by atoms with Gasteiger partial charge in [0.25, 0.3) is 0 Å². The molecule has 8 heteroatoms. The summed E-state index contributed by atoms with van der Waals surface area (Å²) in [7, 11) is 1.64. The van der Waals surface area contributed by atoms with Crippen molar-refractivity contribution in [1.29, 1.82) is 0 Å². The summed E-state index contributed by atoms with van der Waals surface area (Å²) in [5.74, 6) is 1.91. The van der Waals surface area contributed by atoms with Crippen LogP contribution in [0, 0.1) is 6.92 Å². The highest BCUT2D eigenvalue weighted by atomic mass is 32.2. The highest BCUT2D eigenvalue weighted by Crippen LogP contribution is 2.31. The van der Waals surface area contributed by atoms with Gasteiger partial charge in [-0.05, 0) is 61.7 Å². The van der Waals surface area contributed by atoms with E-state index in [2.05, 4.69) is 19.9 Å². The second-order valence-electron chi connectivity index (χ2n) is 7.30. The van der Waals surface area contributed by atoms with Crippen molar-refractivity contribution in [3.63, 3.8) is 0 Å². The molecule has 32 heavy (non-hydrogen) atoms. The van der Waals surface area contributed by atoms with Crippen LogP contribution in [0.3, 0.4) is 0 Å². The molecule has 0 aliphatic heterocycles. The topological polar surface area (TPSA) is 99.7 Å². The first-order valence-electron chi connectivity index (χ1n) is 9.96. The predicted molar refractivity (Wildman–Crippen MR) is 129 cm³/mol. The highest BCUT2D eigenvalue weighted by molar-refractivity contribution is 7.98. The van der Waals surface area contributed by atoms with Crippen LogP contribution in [-0.2, 0) is 0 Å². The molecule has 0 atom stereocenters. The zero-order valence-electron chi connectivity index (χ0n) is 17.8. The number of nitrogen functional groups attached to an aromatic ring is 1. The number of thioether (sulfide) groups is 1. The van der Waals surface area contributed by atoms with E-state index in [1.165, 1.54) is 11.8 Å². The van der Waals surface area contributed by atoms with Gasteiger partial charge in [0.05, 0.1) is 18.1 Å². The number of benzene rings is 2. The lowest BCUT2D eigenvalue weighted by molar-refractivity contribution is 0.415. The average molecular weight is 441 g/mol. The number of ether oxygens (including phenoxy) is 1. The summed E-state index contributed by atoms with van der Waals surface area (Å²) in [4.78, 5) is 23.2. The second kappa shape index (κ2) is 8.05. The first-order chi connectivity index (χ1) is 15.6. The van der Waals surface area contributed by atoms with Gasteiger partial charge < -0.3 is 10.5 Å². The Bertz CT molecular complexity index is 1490. The van der Waals surface area contributed by atoms with Crippen LogP contribution in [0.5, 0.6) is 5.75 Å². The fourth-order valence-electron chi connectivity index (χ4n) is 3.67. The molecule has 0 amide bonds. The SMILES string of the molecule is COc1ccc2nccc(-c3nc(SC)nc(-c4ccc5nc(C)cc(N)c5c4)n3)c2c1. The Kier molecular flexibility index (Phi) is 5.07. The minimum Gasteiger partial charge on any atom is -0.497 e.